The normalized spacial score (nSPS) is 12.4. The lowest BCUT2D eigenvalue weighted by atomic mass is 10.1. The highest BCUT2D eigenvalue weighted by Crippen LogP contribution is 2.25. The smallest absolute Gasteiger partial charge is 0.157 e. The summed E-state index contributed by atoms with van der Waals surface area (Å²) in [5.74, 6) is 1.37. The number of anilines is 1. The molecule has 0 spiro atoms. The van der Waals surface area contributed by atoms with Crippen molar-refractivity contribution in [2.24, 2.45) is 0 Å². The van der Waals surface area contributed by atoms with Gasteiger partial charge in [0.1, 0.15) is 23.8 Å². The van der Waals surface area contributed by atoms with Crippen molar-refractivity contribution in [1.29, 1.82) is 0 Å². The Bertz CT molecular complexity index is 1050. The molecule has 138 valence electrons. The molecular formula is C19H20FN7. The van der Waals surface area contributed by atoms with Crippen molar-refractivity contribution in [3.8, 4) is 11.3 Å². The zero-order valence-electron chi connectivity index (χ0n) is 15.2. The molecule has 0 aliphatic carbocycles. The van der Waals surface area contributed by atoms with Crippen LogP contribution in [0.2, 0.25) is 0 Å². The third-order valence-corrected chi connectivity index (χ3v) is 4.33. The average molecular weight is 365 g/mol. The molecule has 8 heteroatoms. The Morgan fingerprint density at radius 2 is 1.96 bits per heavy atom. The van der Waals surface area contributed by atoms with Gasteiger partial charge in [-0.15, -0.1) is 0 Å². The zero-order valence-corrected chi connectivity index (χ0v) is 15.2. The first-order valence-electron chi connectivity index (χ1n) is 8.90. The summed E-state index contributed by atoms with van der Waals surface area (Å²) in [5.41, 5.74) is 2.29. The Hall–Kier alpha value is -3.29. The number of aryl methyl sites for hydroxylation is 1. The maximum absolute atomic E-state index is 13.3. The van der Waals surface area contributed by atoms with Crippen LogP contribution >= 0.6 is 0 Å². The summed E-state index contributed by atoms with van der Waals surface area (Å²) < 4.78 is 16.9. The maximum Gasteiger partial charge on any atom is 0.157 e. The minimum Gasteiger partial charge on any atom is -0.360 e. The van der Waals surface area contributed by atoms with Crippen LogP contribution in [0.25, 0.3) is 16.9 Å². The van der Waals surface area contributed by atoms with E-state index in [0.717, 1.165) is 35.9 Å². The standard InChI is InChI=1S/C19H20FN7/c1-3-10-26-19(21-12-23-26)13(2)24-18-11-16(14-4-6-15(20)7-5-14)25-17-8-9-22-27(17)18/h4-9,11-13,24H,3,10H2,1-2H3/t13-/m0/s1. The van der Waals surface area contributed by atoms with Crippen LogP contribution in [-0.2, 0) is 6.54 Å². The first kappa shape index (κ1) is 17.1. The van der Waals surface area contributed by atoms with Crippen LogP contribution in [0, 0.1) is 5.82 Å². The number of rotatable bonds is 6. The van der Waals surface area contributed by atoms with E-state index < -0.39 is 0 Å². The maximum atomic E-state index is 13.3. The molecule has 3 heterocycles. The van der Waals surface area contributed by atoms with Crippen LogP contribution in [-0.4, -0.2) is 29.4 Å². The second-order valence-corrected chi connectivity index (χ2v) is 6.34. The van der Waals surface area contributed by atoms with Gasteiger partial charge in [0.25, 0.3) is 0 Å². The molecule has 4 rings (SSSR count). The van der Waals surface area contributed by atoms with Gasteiger partial charge in [-0.1, -0.05) is 6.92 Å². The molecule has 4 aromatic rings. The number of nitrogens with one attached hydrogen (secondary N) is 1. The highest BCUT2D eigenvalue weighted by molar-refractivity contribution is 5.66. The van der Waals surface area contributed by atoms with Crippen molar-refractivity contribution in [2.45, 2.75) is 32.9 Å². The molecule has 1 aromatic carbocycles. The number of nitrogens with zero attached hydrogens (tertiary/aromatic N) is 6. The van der Waals surface area contributed by atoms with Gasteiger partial charge in [-0.05, 0) is 37.6 Å². The van der Waals surface area contributed by atoms with Gasteiger partial charge in [0.05, 0.1) is 17.9 Å². The van der Waals surface area contributed by atoms with Crippen LogP contribution in [0.3, 0.4) is 0 Å². The lowest BCUT2D eigenvalue weighted by Gasteiger charge is -2.17. The molecule has 0 unspecified atom stereocenters. The number of halogens is 1. The van der Waals surface area contributed by atoms with Gasteiger partial charge in [-0.3, -0.25) is 0 Å². The van der Waals surface area contributed by atoms with E-state index in [1.807, 2.05) is 23.7 Å². The van der Waals surface area contributed by atoms with Gasteiger partial charge >= 0.3 is 0 Å². The van der Waals surface area contributed by atoms with E-state index in [2.05, 4.69) is 32.4 Å². The van der Waals surface area contributed by atoms with E-state index in [4.69, 9.17) is 0 Å². The highest BCUT2D eigenvalue weighted by Gasteiger charge is 2.16. The predicted molar refractivity (Wildman–Crippen MR) is 101 cm³/mol. The molecule has 0 amide bonds. The number of hydrogen-bond donors (Lipinski definition) is 1. The van der Waals surface area contributed by atoms with Gasteiger partial charge in [0.2, 0.25) is 0 Å². The summed E-state index contributed by atoms with van der Waals surface area (Å²) in [6.45, 7) is 4.95. The molecule has 0 fully saturated rings. The molecule has 27 heavy (non-hydrogen) atoms. The second kappa shape index (κ2) is 7.14. The molecule has 1 N–H and O–H groups in total. The zero-order chi connectivity index (χ0) is 18.8. The molecule has 0 saturated heterocycles. The van der Waals surface area contributed by atoms with Crippen LogP contribution in [0.5, 0.6) is 0 Å². The monoisotopic (exact) mass is 365 g/mol. The molecule has 1 atom stereocenters. The van der Waals surface area contributed by atoms with E-state index in [1.165, 1.54) is 12.1 Å². The molecule has 7 nitrogen and oxygen atoms in total. The van der Waals surface area contributed by atoms with E-state index in [0.29, 0.717) is 5.65 Å². The Balaban J connectivity index is 1.71. The number of fused-ring (bicyclic) bond motifs is 1. The summed E-state index contributed by atoms with van der Waals surface area (Å²) >= 11 is 0. The van der Waals surface area contributed by atoms with Gasteiger partial charge in [-0.25, -0.2) is 19.0 Å². The van der Waals surface area contributed by atoms with Crippen molar-refractivity contribution < 1.29 is 4.39 Å². The summed E-state index contributed by atoms with van der Waals surface area (Å²) in [5, 5.41) is 12.1. The first-order chi connectivity index (χ1) is 13.2. The lowest BCUT2D eigenvalue weighted by molar-refractivity contribution is 0.553. The molecular weight excluding hydrogens is 345 g/mol. The van der Waals surface area contributed by atoms with Gasteiger partial charge in [-0.2, -0.15) is 14.7 Å². The Morgan fingerprint density at radius 1 is 1.15 bits per heavy atom. The van der Waals surface area contributed by atoms with E-state index >= 15 is 0 Å². The average Bonchev–Trinajstić information content (AvgIpc) is 3.32. The lowest BCUT2D eigenvalue weighted by Crippen LogP contribution is -2.16. The van der Waals surface area contributed by atoms with Crippen molar-refractivity contribution in [3.05, 3.63) is 60.6 Å². The van der Waals surface area contributed by atoms with Crippen molar-refractivity contribution in [3.63, 3.8) is 0 Å². The Morgan fingerprint density at radius 3 is 2.74 bits per heavy atom. The summed E-state index contributed by atoms with van der Waals surface area (Å²) in [6, 6.07) is 9.97. The quantitative estimate of drug-likeness (QED) is 0.564. The van der Waals surface area contributed by atoms with Gasteiger partial charge < -0.3 is 5.32 Å². The van der Waals surface area contributed by atoms with Gasteiger partial charge in [0, 0.05) is 24.2 Å². The number of benzene rings is 1. The topological polar surface area (TPSA) is 72.9 Å². The fourth-order valence-corrected chi connectivity index (χ4v) is 3.06. The number of hydrogen-bond acceptors (Lipinski definition) is 5. The summed E-state index contributed by atoms with van der Waals surface area (Å²) in [4.78, 5) is 9.01. The van der Waals surface area contributed by atoms with E-state index in [1.54, 1.807) is 29.2 Å². The third-order valence-electron chi connectivity index (χ3n) is 4.33. The van der Waals surface area contributed by atoms with E-state index in [9.17, 15) is 4.39 Å². The summed E-state index contributed by atoms with van der Waals surface area (Å²) in [6.07, 6.45) is 4.26. The SMILES string of the molecule is CCCn1ncnc1[C@H](C)Nc1cc(-c2ccc(F)cc2)nc2ccnn12. The van der Waals surface area contributed by atoms with Crippen LogP contribution in [0.1, 0.15) is 32.1 Å². The molecule has 0 aliphatic rings. The van der Waals surface area contributed by atoms with Gasteiger partial charge in [0.15, 0.2) is 5.65 Å². The Kier molecular flexibility index (Phi) is 4.53. The molecule has 0 aliphatic heterocycles. The molecule has 0 saturated carbocycles. The fraction of sp³-hybridized carbons (Fsp3) is 0.263. The minimum atomic E-state index is -0.272. The molecule has 0 radical (unpaired) electrons. The van der Waals surface area contributed by atoms with Crippen molar-refractivity contribution in [2.75, 3.05) is 5.32 Å². The molecule has 3 aromatic heterocycles. The van der Waals surface area contributed by atoms with Crippen LogP contribution < -0.4 is 5.32 Å². The predicted octanol–water partition coefficient (Wildman–Crippen LogP) is 3.71. The summed E-state index contributed by atoms with van der Waals surface area (Å²) in [7, 11) is 0. The largest absolute Gasteiger partial charge is 0.360 e. The highest BCUT2D eigenvalue weighted by atomic mass is 19.1. The first-order valence-corrected chi connectivity index (χ1v) is 8.90. The van der Waals surface area contributed by atoms with Crippen LogP contribution in [0.15, 0.2) is 48.9 Å². The third kappa shape index (κ3) is 3.38. The second-order valence-electron chi connectivity index (χ2n) is 6.34. The Labute approximate surface area is 155 Å². The molecule has 0 bridgehead atoms. The fourth-order valence-electron chi connectivity index (χ4n) is 3.06. The minimum absolute atomic E-state index is 0.0742. The van der Waals surface area contributed by atoms with Crippen LogP contribution in [0.4, 0.5) is 10.2 Å². The van der Waals surface area contributed by atoms with Crippen molar-refractivity contribution >= 4 is 11.5 Å². The van der Waals surface area contributed by atoms with E-state index in [-0.39, 0.29) is 11.9 Å². The number of aromatic nitrogens is 6. The van der Waals surface area contributed by atoms with Crippen molar-refractivity contribution in [1.82, 2.24) is 29.4 Å².